The van der Waals surface area contributed by atoms with Crippen LogP contribution in [-0.2, 0) is 5.54 Å². The summed E-state index contributed by atoms with van der Waals surface area (Å²) in [5.74, 6) is -0.845. The molecule has 0 bridgehead atoms. The first kappa shape index (κ1) is 15.2. The van der Waals surface area contributed by atoms with Crippen LogP contribution in [0.4, 0.5) is 4.39 Å². The second-order valence-corrected chi connectivity index (χ2v) is 5.27. The van der Waals surface area contributed by atoms with Crippen molar-refractivity contribution in [2.75, 3.05) is 6.61 Å². The van der Waals surface area contributed by atoms with Crippen molar-refractivity contribution in [3.05, 3.63) is 71.0 Å². The topological polar surface area (TPSA) is 49.3 Å². The molecule has 1 amide bonds. The minimum atomic E-state index is -0.917. The van der Waals surface area contributed by atoms with Crippen LogP contribution in [0.1, 0.15) is 28.4 Å². The highest BCUT2D eigenvalue weighted by molar-refractivity contribution is 5.94. The van der Waals surface area contributed by atoms with Crippen LogP contribution in [0, 0.1) is 12.7 Å². The first-order chi connectivity index (χ1) is 9.96. The number of aryl methyl sites for hydroxylation is 1. The highest BCUT2D eigenvalue weighted by atomic mass is 19.1. The van der Waals surface area contributed by atoms with Gasteiger partial charge >= 0.3 is 0 Å². The van der Waals surface area contributed by atoms with E-state index >= 15 is 0 Å². The Morgan fingerprint density at radius 3 is 2.48 bits per heavy atom. The molecule has 21 heavy (non-hydrogen) atoms. The SMILES string of the molecule is Cc1ccc(C(=O)NC(C)(CO)c2ccccc2)cc1F. The fourth-order valence-electron chi connectivity index (χ4n) is 2.07. The zero-order valence-electron chi connectivity index (χ0n) is 12.1. The van der Waals surface area contributed by atoms with E-state index in [-0.39, 0.29) is 12.2 Å². The molecular formula is C17H18FNO2. The summed E-state index contributed by atoms with van der Waals surface area (Å²) >= 11 is 0. The van der Waals surface area contributed by atoms with Crippen LogP contribution < -0.4 is 5.32 Å². The largest absolute Gasteiger partial charge is 0.394 e. The molecule has 4 heteroatoms. The molecule has 0 spiro atoms. The predicted molar refractivity (Wildman–Crippen MR) is 79.5 cm³/mol. The number of aliphatic hydroxyl groups excluding tert-OH is 1. The Morgan fingerprint density at radius 1 is 1.24 bits per heavy atom. The summed E-state index contributed by atoms with van der Waals surface area (Å²) in [6, 6.07) is 13.5. The van der Waals surface area contributed by atoms with Crippen molar-refractivity contribution in [3.63, 3.8) is 0 Å². The smallest absolute Gasteiger partial charge is 0.252 e. The zero-order chi connectivity index (χ0) is 15.5. The van der Waals surface area contributed by atoms with Crippen molar-refractivity contribution in [1.29, 1.82) is 0 Å². The van der Waals surface area contributed by atoms with E-state index in [0.717, 1.165) is 5.56 Å². The average molecular weight is 287 g/mol. The Balaban J connectivity index is 2.26. The summed E-state index contributed by atoms with van der Waals surface area (Å²) in [4.78, 5) is 12.3. The third-order valence-corrected chi connectivity index (χ3v) is 3.55. The third kappa shape index (κ3) is 3.28. The summed E-state index contributed by atoms with van der Waals surface area (Å²) in [6.07, 6.45) is 0. The minimum absolute atomic E-state index is 0.230. The number of hydrogen-bond acceptors (Lipinski definition) is 2. The summed E-state index contributed by atoms with van der Waals surface area (Å²) < 4.78 is 13.5. The van der Waals surface area contributed by atoms with E-state index in [0.29, 0.717) is 5.56 Å². The molecule has 1 unspecified atom stereocenters. The van der Waals surface area contributed by atoms with Crippen molar-refractivity contribution in [1.82, 2.24) is 5.32 Å². The number of halogens is 1. The fraction of sp³-hybridized carbons (Fsp3) is 0.235. The molecule has 0 saturated heterocycles. The maximum atomic E-state index is 13.5. The van der Waals surface area contributed by atoms with Crippen LogP contribution in [0.25, 0.3) is 0 Å². The molecule has 2 aromatic rings. The lowest BCUT2D eigenvalue weighted by atomic mass is 9.92. The van der Waals surface area contributed by atoms with Crippen LogP contribution in [0.3, 0.4) is 0 Å². The summed E-state index contributed by atoms with van der Waals surface area (Å²) in [5.41, 5.74) is 0.585. The molecule has 0 saturated carbocycles. The molecule has 0 aliphatic rings. The van der Waals surface area contributed by atoms with Crippen molar-refractivity contribution in [3.8, 4) is 0 Å². The van der Waals surface area contributed by atoms with Gasteiger partial charge in [-0.15, -0.1) is 0 Å². The molecule has 1 atom stereocenters. The van der Waals surface area contributed by atoms with Crippen LogP contribution in [-0.4, -0.2) is 17.6 Å². The lowest BCUT2D eigenvalue weighted by Crippen LogP contribution is -2.46. The molecule has 0 radical (unpaired) electrons. The van der Waals surface area contributed by atoms with E-state index in [2.05, 4.69) is 5.32 Å². The molecule has 2 rings (SSSR count). The van der Waals surface area contributed by atoms with E-state index in [1.54, 1.807) is 26.0 Å². The highest BCUT2D eigenvalue weighted by Gasteiger charge is 2.28. The standard InChI is InChI=1S/C17H18FNO2/c1-12-8-9-13(10-15(12)18)16(21)19-17(2,11-20)14-6-4-3-5-7-14/h3-10,20H,11H2,1-2H3,(H,19,21). The Bertz CT molecular complexity index is 642. The van der Waals surface area contributed by atoms with Crippen LogP contribution in [0.5, 0.6) is 0 Å². The maximum Gasteiger partial charge on any atom is 0.252 e. The molecule has 3 nitrogen and oxygen atoms in total. The van der Waals surface area contributed by atoms with E-state index in [1.807, 2.05) is 30.3 Å². The van der Waals surface area contributed by atoms with E-state index < -0.39 is 17.3 Å². The van der Waals surface area contributed by atoms with E-state index in [4.69, 9.17) is 0 Å². The Morgan fingerprint density at radius 2 is 1.90 bits per heavy atom. The van der Waals surface area contributed by atoms with Gasteiger partial charge in [0.15, 0.2) is 0 Å². The molecule has 110 valence electrons. The number of hydrogen-bond donors (Lipinski definition) is 2. The van der Waals surface area contributed by atoms with Crippen LogP contribution >= 0.6 is 0 Å². The number of aliphatic hydroxyl groups is 1. The van der Waals surface area contributed by atoms with E-state index in [9.17, 15) is 14.3 Å². The van der Waals surface area contributed by atoms with Crippen molar-refractivity contribution < 1.29 is 14.3 Å². The second kappa shape index (κ2) is 6.06. The van der Waals surface area contributed by atoms with E-state index in [1.165, 1.54) is 6.07 Å². The molecule has 0 aliphatic heterocycles. The van der Waals surface area contributed by atoms with Gasteiger partial charge in [-0.2, -0.15) is 0 Å². The Kier molecular flexibility index (Phi) is 4.38. The molecule has 0 aromatic heterocycles. The van der Waals surface area contributed by atoms with Crippen molar-refractivity contribution in [2.24, 2.45) is 0 Å². The summed E-state index contributed by atoms with van der Waals surface area (Å²) in [7, 11) is 0. The van der Waals surface area contributed by atoms with Crippen LogP contribution in [0.15, 0.2) is 48.5 Å². The molecule has 0 fully saturated rings. The van der Waals surface area contributed by atoms with Gasteiger partial charge in [-0.1, -0.05) is 36.4 Å². The fourth-order valence-corrected chi connectivity index (χ4v) is 2.07. The zero-order valence-corrected chi connectivity index (χ0v) is 12.1. The van der Waals surface area contributed by atoms with Crippen molar-refractivity contribution >= 4 is 5.91 Å². The molecule has 0 aliphatic carbocycles. The second-order valence-electron chi connectivity index (χ2n) is 5.27. The van der Waals surface area contributed by atoms with Gasteiger partial charge in [-0.3, -0.25) is 4.79 Å². The number of amides is 1. The number of carbonyl (C=O) groups excluding carboxylic acids is 1. The number of carbonyl (C=O) groups is 1. The average Bonchev–Trinajstić information content (AvgIpc) is 2.50. The van der Waals surface area contributed by atoms with Gasteiger partial charge in [-0.25, -0.2) is 4.39 Å². The normalized spacial score (nSPS) is 13.5. The van der Waals surface area contributed by atoms with Gasteiger partial charge in [0, 0.05) is 5.56 Å². The van der Waals surface area contributed by atoms with Gasteiger partial charge in [-0.05, 0) is 37.1 Å². The Labute approximate surface area is 123 Å². The lowest BCUT2D eigenvalue weighted by molar-refractivity contribution is 0.0849. The molecular weight excluding hydrogens is 269 g/mol. The number of rotatable bonds is 4. The van der Waals surface area contributed by atoms with Gasteiger partial charge < -0.3 is 10.4 Å². The number of benzene rings is 2. The van der Waals surface area contributed by atoms with Crippen LogP contribution in [0.2, 0.25) is 0 Å². The lowest BCUT2D eigenvalue weighted by Gasteiger charge is -2.29. The highest BCUT2D eigenvalue weighted by Crippen LogP contribution is 2.21. The maximum absolute atomic E-state index is 13.5. The first-order valence-corrected chi connectivity index (χ1v) is 6.71. The molecule has 0 heterocycles. The minimum Gasteiger partial charge on any atom is -0.394 e. The quantitative estimate of drug-likeness (QED) is 0.908. The monoisotopic (exact) mass is 287 g/mol. The first-order valence-electron chi connectivity index (χ1n) is 6.71. The predicted octanol–water partition coefficient (Wildman–Crippen LogP) is 2.77. The van der Waals surface area contributed by atoms with Crippen molar-refractivity contribution in [2.45, 2.75) is 19.4 Å². The Hall–Kier alpha value is -2.20. The molecule has 2 N–H and O–H groups in total. The number of nitrogens with one attached hydrogen (secondary N) is 1. The summed E-state index contributed by atoms with van der Waals surface area (Å²) in [5, 5.41) is 12.4. The van der Waals surface area contributed by atoms with Gasteiger partial charge in [0.2, 0.25) is 0 Å². The van der Waals surface area contributed by atoms with Gasteiger partial charge in [0.1, 0.15) is 5.82 Å². The summed E-state index contributed by atoms with van der Waals surface area (Å²) in [6.45, 7) is 3.11. The molecule has 2 aromatic carbocycles. The third-order valence-electron chi connectivity index (χ3n) is 3.55. The van der Waals surface area contributed by atoms with Gasteiger partial charge in [0.05, 0.1) is 12.1 Å². The van der Waals surface area contributed by atoms with Gasteiger partial charge in [0.25, 0.3) is 5.91 Å².